The molecule has 3 aromatic heterocycles. The summed E-state index contributed by atoms with van der Waals surface area (Å²) in [5, 5.41) is 8.61. The van der Waals surface area contributed by atoms with Crippen LogP contribution in [0.2, 0.25) is 5.02 Å². The van der Waals surface area contributed by atoms with Crippen molar-refractivity contribution in [3.8, 4) is 0 Å². The van der Waals surface area contributed by atoms with Crippen molar-refractivity contribution in [1.82, 2.24) is 38.2 Å². The lowest BCUT2D eigenvalue weighted by Crippen LogP contribution is -2.55. The highest BCUT2D eigenvalue weighted by Crippen LogP contribution is 2.29. The Balaban J connectivity index is 1.80. The predicted molar refractivity (Wildman–Crippen MR) is 152 cm³/mol. The van der Waals surface area contributed by atoms with Crippen molar-refractivity contribution in [3.05, 3.63) is 97.2 Å². The highest BCUT2D eigenvalue weighted by molar-refractivity contribution is 6.33. The Morgan fingerprint density at radius 2 is 1.73 bits per heavy atom. The van der Waals surface area contributed by atoms with Gasteiger partial charge in [0, 0.05) is 41.3 Å². The van der Waals surface area contributed by atoms with Gasteiger partial charge in [0.1, 0.15) is 12.1 Å². The molecular formula is C27H25ClF3N9O5. The number of aromatic nitrogens is 8. The average molecular weight is 651 g/mol. The van der Waals surface area contributed by atoms with E-state index in [-0.39, 0.29) is 22.6 Å². The van der Waals surface area contributed by atoms with E-state index in [0.29, 0.717) is 30.8 Å². The first-order chi connectivity index (χ1) is 22.5. The van der Waals surface area contributed by atoms with Gasteiger partial charge in [0.2, 0.25) is 5.62 Å². The van der Waals surface area contributed by atoms with Crippen molar-refractivity contribution in [3.63, 3.8) is 0 Å². The van der Waals surface area contributed by atoms with Crippen molar-refractivity contribution < 1.29 is 31.6 Å². The highest BCUT2D eigenvalue weighted by Gasteiger charge is 2.21. The SMILES string of the molecule is [2H]C([2H])([2H])n1cnc(Cn2c(=O)n(COC(=O)OC(C)C)c(=Nc3cc4cn(C)nc4cc3Cl)n(Cc3cc(F)c(F)cc3F)c2=O)n1. The van der Waals surface area contributed by atoms with Crippen LogP contribution in [0.15, 0.2) is 51.4 Å². The maximum atomic E-state index is 14.9. The largest absolute Gasteiger partial charge is 0.510 e. The van der Waals surface area contributed by atoms with Crippen LogP contribution in [-0.4, -0.2) is 50.5 Å². The predicted octanol–water partition coefficient (Wildman–Crippen LogP) is 2.75. The molecule has 0 aliphatic heterocycles. The molecule has 0 spiro atoms. The zero-order valence-corrected chi connectivity index (χ0v) is 24.5. The fourth-order valence-corrected chi connectivity index (χ4v) is 4.46. The third-order valence-corrected chi connectivity index (χ3v) is 6.52. The summed E-state index contributed by atoms with van der Waals surface area (Å²) in [4.78, 5) is 48.6. The molecule has 5 rings (SSSR count). The molecule has 0 aliphatic rings. The molecule has 2 aromatic carbocycles. The van der Waals surface area contributed by atoms with Gasteiger partial charge in [-0.25, -0.2) is 46.7 Å². The Labute approximate surface area is 260 Å². The monoisotopic (exact) mass is 650 g/mol. The summed E-state index contributed by atoms with van der Waals surface area (Å²) in [6.45, 7) is -2.13. The minimum absolute atomic E-state index is 0.00877. The van der Waals surface area contributed by atoms with E-state index in [0.717, 1.165) is 10.9 Å². The molecule has 0 saturated carbocycles. The number of benzene rings is 2. The average Bonchev–Trinajstić information content (AvgIpc) is 3.61. The van der Waals surface area contributed by atoms with Crippen LogP contribution in [0.25, 0.3) is 10.9 Å². The number of carbonyl (C=O) groups is 1. The molecule has 0 unspecified atom stereocenters. The molecule has 0 N–H and O–H groups in total. The number of nitrogens with zero attached hydrogens (tertiary/aromatic N) is 9. The fraction of sp³-hybridized carbons (Fsp3) is 0.296. The van der Waals surface area contributed by atoms with E-state index < -0.39 is 79.1 Å². The molecule has 0 amide bonds. The first kappa shape index (κ1) is 27.4. The molecular weight excluding hydrogens is 623 g/mol. The van der Waals surface area contributed by atoms with Crippen LogP contribution >= 0.6 is 11.6 Å². The van der Waals surface area contributed by atoms with E-state index in [1.807, 2.05) is 0 Å². The van der Waals surface area contributed by atoms with Crippen molar-refractivity contribution in [2.45, 2.75) is 39.8 Å². The van der Waals surface area contributed by atoms with Gasteiger partial charge in [-0.05, 0) is 32.0 Å². The molecule has 236 valence electrons. The van der Waals surface area contributed by atoms with Gasteiger partial charge in [-0.1, -0.05) is 11.6 Å². The standard InChI is InChI=1S/C27H25ClF3N9O5/c1-14(2)45-27(43)44-13-40-24(33-22-6-16-9-36(3)34-21(16)7-17(22)28)38(10-15-5-19(30)20(31)8-18(15)29)25(41)39(26(40)42)11-23-32-12-37(4)35-23/h5-9,12,14H,10-11,13H2,1-4H3/i4D3. The quantitative estimate of drug-likeness (QED) is 0.184. The lowest BCUT2D eigenvalue weighted by molar-refractivity contribution is 0.0129. The van der Waals surface area contributed by atoms with Gasteiger partial charge in [0.25, 0.3) is 0 Å². The number of hydrogen-bond acceptors (Lipinski definition) is 9. The number of halogens is 4. The second-order valence-electron chi connectivity index (χ2n) is 9.90. The number of rotatable bonds is 8. The molecule has 0 atom stereocenters. The summed E-state index contributed by atoms with van der Waals surface area (Å²) >= 11 is 6.49. The number of ether oxygens (including phenoxy) is 2. The minimum Gasteiger partial charge on any atom is -0.432 e. The van der Waals surface area contributed by atoms with Crippen LogP contribution in [0.1, 0.15) is 29.3 Å². The molecule has 3 heterocycles. The van der Waals surface area contributed by atoms with E-state index in [4.69, 9.17) is 25.2 Å². The first-order valence-electron chi connectivity index (χ1n) is 14.5. The van der Waals surface area contributed by atoms with Gasteiger partial charge in [0.05, 0.1) is 35.4 Å². The van der Waals surface area contributed by atoms with Crippen molar-refractivity contribution >= 4 is 34.3 Å². The molecule has 0 bridgehead atoms. The summed E-state index contributed by atoms with van der Waals surface area (Å²) in [6.07, 6.45) is 0.684. The molecule has 0 aliphatic carbocycles. The molecule has 5 aromatic rings. The molecule has 45 heavy (non-hydrogen) atoms. The number of carbonyl (C=O) groups excluding carboxylic acids is 1. The molecule has 0 radical (unpaired) electrons. The zero-order valence-electron chi connectivity index (χ0n) is 26.7. The Hall–Kier alpha value is -5.19. The van der Waals surface area contributed by atoms with Crippen LogP contribution in [0.4, 0.5) is 23.7 Å². The Morgan fingerprint density at radius 3 is 2.44 bits per heavy atom. The van der Waals surface area contributed by atoms with Gasteiger partial charge in [-0.2, -0.15) is 10.2 Å². The van der Waals surface area contributed by atoms with Gasteiger partial charge >= 0.3 is 17.5 Å². The molecule has 14 nitrogen and oxygen atoms in total. The van der Waals surface area contributed by atoms with Gasteiger partial charge < -0.3 is 9.47 Å². The van der Waals surface area contributed by atoms with Crippen molar-refractivity contribution in [1.29, 1.82) is 0 Å². The van der Waals surface area contributed by atoms with Crippen LogP contribution in [0.5, 0.6) is 0 Å². The highest BCUT2D eigenvalue weighted by atomic mass is 35.5. The summed E-state index contributed by atoms with van der Waals surface area (Å²) in [5.41, 5.74) is -2.97. The first-order valence-corrected chi connectivity index (χ1v) is 13.4. The van der Waals surface area contributed by atoms with Crippen molar-refractivity contribution in [2.75, 3.05) is 0 Å². The van der Waals surface area contributed by atoms with Crippen LogP contribution in [0, 0.1) is 17.5 Å². The Morgan fingerprint density at radius 1 is 1.00 bits per heavy atom. The Bertz CT molecular complexity index is 2240. The van der Waals surface area contributed by atoms with Crippen molar-refractivity contribution in [2.24, 2.45) is 19.0 Å². The summed E-state index contributed by atoms with van der Waals surface area (Å²) in [7, 11) is 1.66. The van der Waals surface area contributed by atoms with Crippen LogP contribution in [-0.2, 0) is 43.3 Å². The third-order valence-electron chi connectivity index (χ3n) is 6.21. The number of fused-ring (bicyclic) bond motifs is 1. The van der Waals surface area contributed by atoms with E-state index >= 15 is 0 Å². The van der Waals surface area contributed by atoms with E-state index in [9.17, 15) is 27.6 Å². The lowest BCUT2D eigenvalue weighted by Gasteiger charge is -2.17. The van der Waals surface area contributed by atoms with Gasteiger partial charge in [-0.3, -0.25) is 13.9 Å². The van der Waals surface area contributed by atoms with E-state index in [1.165, 1.54) is 16.8 Å². The normalized spacial score (nSPS) is 13.2. The maximum Gasteiger partial charge on any atom is 0.510 e. The lowest BCUT2D eigenvalue weighted by atomic mass is 10.2. The summed E-state index contributed by atoms with van der Waals surface area (Å²) in [6, 6.07) is 3.74. The summed E-state index contributed by atoms with van der Waals surface area (Å²) in [5.74, 6) is -4.44. The smallest absolute Gasteiger partial charge is 0.432 e. The van der Waals surface area contributed by atoms with E-state index in [2.05, 4.69) is 20.2 Å². The number of hydrogen-bond donors (Lipinski definition) is 0. The van der Waals surface area contributed by atoms with Gasteiger partial charge in [-0.15, -0.1) is 0 Å². The maximum absolute atomic E-state index is 14.9. The third kappa shape index (κ3) is 6.67. The second-order valence-corrected chi connectivity index (χ2v) is 10.3. The molecule has 0 fully saturated rings. The molecule has 0 saturated heterocycles. The Kier molecular flexibility index (Phi) is 7.56. The minimum atomic E-state index is -2.73. The van der Waals surface area contributed by atoms with Gasteiger partial charge in [0.15, 0.2) is 24.2 Å². The van der Waals surface area contributed by atoms with E-state index in [1.54, 1.807) is 27.1 Å². The topological polar surface area (TPSA) is 145 Å². The molecule has 18 heteroatoms. The zero-order chi connectivity index (χ0) is 35.1. The van der Waals surface area contributed by atoms with Crippen LogP contribution in [0.3, 0.4) is 0 Å². The van der Waals surface area contributed by atoms with Crippen LogP contribution < -0.4 is 17.0 Å². The fourth-order valence-electron chi connectivity index (χ4n) is 4.26. The number of aryl methyl sites for hydroxylation is 2. The second kappa shape index (κ2) is 12.4. The summed E-state index contributed by atoms with van der Waals surface area (Å²) < 4.78 is 79.6.